The average molecular weight is 243 g/mol. The van der Waals surface area contributed by atoms with Crippen LogP contribution in [0.5, 0.6) is 0 Å². The molecule has 1 heteroatoms. The number of aryl methyl sites for hydroxylation is 1. The molecule has 1 aromatic carbocycles. The van der Waals surface area contributed by atoms with Crippen molar-refractivity contribution >= 4 is 0 Å². The zero-order chi connectivity index (χ0) is 12.4. The van der Waals surface area contributed by atoms with Gasteiger partial charge in [0.25, 0.3) is 0 Å². The van der Waals surface area contributed by atoms with E-state index in [9.17, 15) is 0 Å². The lowest BCUT2D eigenvalue weighted by Gasteiger charge is -2.27. The minimum atomic E-state index is 0.701. The van der Waals surface area contributed by atoms with Gasteiger partial charge in [-0.15, -0.1) is 0 Å². The second kappa shape index (κ2) is 5.44. The van der Waals surface area contributed by atoms with E-state index in [0.717, 1.165) is 11.8 Å². The van der Waals surface area contributed by atoms with Crippen LogP contribution in [0.2, 0.25) is 0 Å². The second-order valence-corrected chi connectivity index (χ2v) is 6.28. The minimum absolute atomic E-state index is 0.701. The Morgan fingerprint density at radius 3 is 2.89 bits per heavy atom. The average Bonchev–Trinajstić information content (AvgIpc) is 3.20. The Morgan fingerprint density at radius 2 is 2.06 bits per heavy atom. The van der Waals surface area contributed by atoms with E-state index in [-0.39, 0.29) is 0 Å². The van der Waals surface area contributed by atoms with Crippen LogP contribution >= 0.6 is 0 Å². The van der Waals surface area contributed by atoms with Crippen LogP contribution in [0.1, 0.15) is 56.1 Å². The molecule has 2 aliphatic rings. The fourth-order valence-corrected chi connectivity index (χ4v) is 3.35. The molecular formula is C17H25N. The zero-order valence-electron chi connectivity index (χ0n) is 11.5. The predicted molar refractivity (Wildman–Crippen MR) is 76.9 cm³/mol. The number of benzene rings is 1. The van der Waals surface area contributed by atoms with Crippen LogP contribution in [0.15, 0.2) is 24.3 Å². The number of hydrogen-bond acceptors (Lipinski definition) is 1. The molecule has 18 heavy (non-hydrogen) atoms. The monoisotopic (exact) mass is 243 g/mol. The molecule has 2 aliphatic carbocycles. The number of nitrogens with one attached hydrogen (secondary N) is 1. The summed E-state index contributed by atoms with van der Waals surface area (Å²) in [5, 5.41) is 3.76. The molecular weight excluding hydrogens is 218 g/mol. The molecule has 1 fully saturated rings. The van der Waals surface area contributed by atoms with Crippen molar-refractivity contribution in [1.29, 1.82) is 0 Å². The van der Waals surface area contributed by atoms with Crippen LogP contribution < -0.4 is 5.32 Å². The molecule has 0 heterocycles. The Labute approximate surface area is 111 Å². The minimum Gasteiger partial charge on any atom is -0.314 e. The lowest BCUT2D eigenvalue weighted by atomic mass is 9.83. The van der Waals surface area contributed by atoms with Crippen LogP contribution in [0.25, 0.3) is 0 Å². The molecule has 1 N–H and O–H groups in total. The van der Waals surface area contributed by atoms with Gasteiger partial charge in [-0.25, -0.2) is 0 Å². The second-order valence-electron chi connectivity index (χ2n) is 6.28. The lowest BCUT2D eigenvalue weighted by Crippen LogP contribution is -2.32. The molecule has 0 bridgehead atoms. The van der Waals surface area contributed by atoms with Gasteiger partial charge < -0.3 is 5.32 Å². The maximum absolute atomic E-state index is 3.76. The molecule has 2 unspecified atom stereocenters. The molecule has 1 saturated carbocycles. The highest BCUT2D eigenvalue weighted by Crippen LogP contribution is 2.34. The SMILES string of the molecule is CC(CC1CC1)NCC1CCCc2ccccc21. The Bertz CT molecular complexity index is 394. The van der Waals surface area contributed by atoms with Crippen molar-refractivity contribution in [2.75, 3.05) is 6.54 Å². The highest BCUT2D eigenvalue weighted by Gasteiger charge is 2.24. The van der Waals surface area contributed by atoms with Gasteiger partial charge >= 0.3 is 0 Å². The Kier molecular flexibility index (Phi) is 3.69. The number of rotatable bonds is 5. The van der Waals surface area contributed by atoms with Crippen LogP contribution in [0.4, 0.5) is 0 Å². The van der Waals surface area contributed by atoms with Crippen molar-refractivity contribution in [3.63, 3.8) is 0 Å². The summed E-state index contributed by atoms with van der Waals surface area (Å²) < 4.78 is 0. The molecule has 0 amide bonds. The van der Waals surface area contributed by atoms with Crippen molar-refractivity contribution in [3.05, 3.63) is 35.4 Å². The van der Waals surface area contributed by atoms with E-state index in [1.54, 1.807) is 11.1 Å². The van der Waals surface area contributed by atoms with E-state index >= 15 is 0 Å². The summed E-state index contributed by atoms with van der Waals surface area (Å²) in [7, 11) is 0. The standard InChI is InChI=1S/C17H25N/c1-13(11-14-9-10-14)18-12-16-7-4-6-15-5-2-3-8-17(15)16/h2-3,5,8,13-14,16,18H,4,6-7,9-12H2,1H3. The van der Waals surface area contributed by atoms with Crippen molar-refractivity contribution < 1.29 is 0 Å². The van der Waals surface area contributed by atoms with Gasteiger partial charge in [-0.1, -0.05) is 37.1 Å². The third kappa shape index (κ3) is 2.95. The lowest BCUT2D eigenvalue weighted by molar-refractivity contribution is 0.438. The largest absolute Gasteiger partial charge is 0.314 e. The van der Waals surface area contributed by atoms with Crippen molar-refractivity contribution in [1.82, 2.24) is 5.32 Å². The quantitative estimate of drug-likeness (QED) is 0.827. The fourth-order valence-electron chi connectivity index (χ4n) is 3.35. The van der Waals surface area contributed by atoms with Gasteiger partial charge in [0.2, 0.25) is 0 Å². The van der Waals surface area contributed by atoms with Crippen molar-refractivity contribution in [2.45, 2.75) is 57.4 Å². The van der Waals surface area contributed by atoms with E-state index in [0.29, 0.717) is 6.04 Å². The Morgan fingerprint density at radius 1 is 1.22 bits per heavy atom. The van der Waals surface area contributed by atoms with Gasteiger partial charge in [-0.05, 0) is 55.6 Å². The van der Waals surface area contributed by atoms with Gasteiger partial charge in [0.1, 0.15) is 0 Å². The number of fused-ring (bicyclic) bond motifs is 1. The predicted octanol–water partition coefficient (Wildman–Crippen LogP) is 3.88. The molecule has 1 nitrogen and oxygen atoms in total. The van der Waals surface area contributed by atoms with E-state index in [1.807, 2.05) is 0 Å². The van der Waals surface area contributed by atoms with E-state index < -0.39 is 0 Å². The zero-order valence-corrected chi connectivity index (χ0v) is 11.5. The summed E-state index contributed by atoms with van der Waals surface area (Å²) in [5.41, 5.74) is 3.19. The molecule has 3 rings (SSSR count). The highest BCUT2D eigenvalue weighted by molar-refractivity contribution is 5.32. The normalized spacial score (nSPS) is 24.6. The topological polar surface area (TPSA) is 12.0 Å². The maximum atomic E-state index is 3.76. The van der Waals surface area contributed by atoms with Gasteiger partial charge in [0, 0.05) is 12.6 Å². The van der Waals surface area contributed by atoms with Gasteiger partial charge in [0.15, 0.2) is 0 Å². The molecule has 0 aromatic heterocycles. The van der Waals surface area contributed by atoms with Crippen molar-refractivity contribution in [2.24, 2.45) is 5.92 Å². The van der Waals surface area contributed by atoms with Gasteiger partial charge in [-0.3, -0.25) is 0 Å². The molecule has 1 aromatic rings. The molecule has 98 valence electrons. The van der Waals surface area contributed by atoms with E-state index in [2.05, 4.69) is 36.5 Å². The van der Waals surface area contributed by atoms with Crippen LogP contribution in [-0.4, -0.2) is 12.6 Å². The Balaban J connectivity index is 1.56. The van der Waals surface area contributed by atoms with Crippen LogP contribution in [0, 0.1) is 5.92 Å². The number of hydrogen-bond donors (Lipinski definition) is 1. The molecule has 0 aliphatic heterocycles. The van der Waals surface area contributed by atoms with E-state index in [4.69, 9.17) is 0 Å². The highest BCUT2D eigenvalue weighted by atomic mass is 14.9. The maximum Gasteiger partial charge on any atom is 0.00416 e. The molecule has 2 atom stereocenters. The summed E-state index contributed by atoms with van der Waals surface area (Å²) in [6.07, 6.45) is 8.33. The molecule has 0 radical (unpaired) electrons. The summed E-state index contributed by atoms with van der Waals surface area (Å²) in [6.45, 7) is 3.53. The molecule has 0 saturated heterocycles. The first-order chi connectivity index (χ1) is 8.83. The first kappa shape index (κ1) is 12.2. The Hall–Kier alpha value is -0.820. The van der Waals surface area contributed by atoms with E-state index in [1.165, 1.54) is 45.1 Å². The summed E-state index contributed by atoms with van der Waals surface area (Å²) in [5.74, 6) is 1.78. The van der Waals surface area contributed by atoms with Gasteiger partial charge in [-0.2, -0.15) is 0 Å². The summed E-state index contributed by atoms with van der Waals surface area (Å²) >= 11 is 0. The summed E-state index contributed by atoms with van der Waals surface area (Å²) in [4.78, 5) is 0. The van der Waals surface area contributed by atoms with Crippen LogP contribution in [0.3, 0.4) is 0 Å². The fraction of sp³-hybridized carbons (Fsp3) is 0.647. The first-order valence-electron chi connectivity index (χ1n) is 7.64. The third-order valence-corrected chi connectivity index (χ3v) is 4.59. The third-order valence-electron chi connectivity index (χ3n) is 4.59. The first-order valence-corrected chi connectivity index (χ1v) is 7.64. The molecule has 0 spiro atoms. The van der Waals surface area contributed by atoms with Crippen molar-refractivity contribution in [3.8, 4) is 0 Å². The summed E-state index contributed by atoms with van der Waals surface area (Å²) in [6, 6.07) is 9.74. The van der Waals surface area contributed by atoms with Crippen LogP contribution in [-0.2, 0) is 6.42 Å². The smallest absolute Gasteiger partial charge is 0.00416 e. The van der Waals surface area contributed by atoms with Gasteiger partial charge in [0.05, 0.1) is 0 Å².